The molecule has 1 unspecified atom stereocenters. The number of fused-ring (bicyclic) bond motifs is 3. The third kappa shape index (κ3) is 3.29. The average molecular weight is 398 g/mol. The molecule has 0 aliphatic rings. The lowest BCUT2D eigenvalue weighted by Gasteiger charge is -2.12. The molecule has 0 radical (unpaired) electrons. The van der Waals surface area contributed by atoms with E-state index in [0.717, 1.165) is 11.9 Å². The highest BCUT2D eigenvalue weighted by molar-refractivity contribution is 7.99. The van der Waals surface area contributed by atoms with Crippen molar-refractivity contribution >= 4 is 28.4 Å². The summed E-state index contributed by atoms with van der Waals surface area (Å²) < 4.78 is 16.6. The molecule has 2 heterocycles. The highest BCUT2D eigenvalue weighted by Crippen LogP contribution is 2.26. The molecular weight excluding hydrogens is 379 g/mol. The van der Waals surface area contributed by atoms with Crippen molar-refractivity contribution < 1.29 is 9.50 Å². The van der Waals surface area contributed by atoms with Crippen LogP contribution >= 0.6 is 11.8 Å². The Kier molecular flexibility index (Phi) is 5.15. The van der Waals surface area contributed by atoms with Crippen LogP contribution in [0.2, 0.25) is 0 Å². The molecule has 8 heteroatoms. The van der Waals surface area contributed by atoms with Crippen molar-refractivity contribution in [2.45, 2.75) is 31.1 Å². The minimum Gasteiger partial charge on any atom is -0.388 e. The Morgan fingerprint density at radius 3 is 2.64 bits per heavy atom. The second-order valence-corrected chi connectivity index (χ2v) is 7.46. The van der Waals surface area contributed by atoms with E-state index in [4.69, 9.17) is 0 Å². The van der Waals surface area contributed by atoms with Crippen LogP contribution in [0, 0.1) is 5.82 Å². The SMILES string of the molecule is CCCn1c(=O)c2ccccc2n2c(SCC(O)c3ccc(F)cc3)nnc12. The molecule has 0 saturated carbocycles. The summed E-state index contributed by atoms with van der Waals surface area (Å²) in [4.78, 5) is 12.8. The summed E-state index contributed by atoms with van der Waals surface area (Å²) in [5.41, 5.74) is 1.29. The van der Waals surface area contributed by atoms with Gasteiger partial charge in [0.05, 0.1) is 17.0 Å². The summed E-state index contributed by atoms with van der Waals surface area (Å²) in [6.07, 6.45) is 0.0257. The maximum atomic E-state index is 13.1. The minimum atomic E-state index is -0.772. The monoisotopic (exact) mass is 398 g/mol. The molecule has 1 N–H and O–H groups in total. The molecule has 0 saturated heterocycles. The smallest absolute Gasteiger partial charge is 0.262 e. The van der Waals surface area contributed by atoms with Gasteiger partial charge < -0.3 is 5.11 Å². The van der Waals surface area contributed by atoms with Crippen LogP contribution in [-0.4, -0.2) is 30.0 Å². The van der Waals surface area contributed by atoms with E-state index in [2.05, 4.69) is 10.2 Å². The van der Waals surface area contributed by atoms with E-state index < -0.39 is 6.10 Å². The van der Waals surface area contributed by atoms with Crippen LogP contribution in [0.1, 0.15) is 25.0 Å². The van der Waals surface area contributed by atoms with Crippen molar-refractivity contribution in [1.82, 2.24) is 19.2 Å². The lowest BCUT2D eigenvalue weighted by Crippen LogP contribution is -2.23. The third-order valence-electron chi connectivity index (χ3n) is 4.55. The van der Waals surface area contributed by atoms with E-state index in [1.54, 1.807) is 22.8 Å². The highest BCUT2D eigenvalue weighted by Gasteiger charge is 2.17. The molecule has 0 fully saturated rings. The van der Waals surface area contributed by atoms with Gasteiger partial charge >= 0.3 is 0 Å². The molecule has 28 heavy (non-hydrogen) atoms. The number of halogens is 1. The van der Waals surface area contributed by atoms with Crippen molar-refractivity contribution in [3.8, 4) is 0 Å². The van der Waals surface area contributed by atoms with Gasteiger partial charge in [0.2, 0.25) is 5.78 Å². The predicted molar refractivity (Wildman–Crippen MR) is 107 cm³/mol. The fourth-order valence-corrected chi connectivity index (χ4v) is 4.09. The fourth-order valence-electron chi connectivity index (χ4n) is 3.19. The van der Waals surface area contributed by atoms with Crippen LogP contribution < -0.4 is 5.56 Å². The van der Waals surface area contributed by atoms with Crippen LogP contribution in [0.25, 0.3) is 16.7 Å². The number of benzene rings is 2. The molecule has 4 aromatic rings. The molecule has 2 aromatic carbocycles. The van der Waals surface area contributed by atoms with Crippen LogP contribution in [0.15, 0.2) is 58.5 Å². The molecule has 0 amide bonds. The van der Waals surface area contributed by atoms with Gasteiger partial charge in [-0.2, -0.15) is 0 Å². The van der Waals surface area contributed by atoms with Crippen molar-refractivity contribution in [2.75, 3.05) is 5.75 Å². The van der Waals surface area contributed by atoms with Gasteiger partial charge in [0.15, 0.2) is 5.16 Å². The maximum Gasteiger partial charge on any atom is 0.262 e. The molecule has 6 nitrogen and oxygen atoms in total. The van der Waals surface area contributed by atoms with Crippen molar-refractivity contribution in [3.63, 3.8) is 0 Å². The number of thioether (sulfide) groups is 1. The Morgan fingerprint density at radius 2 is 1.89 bits per heavy atom. The van der Waals surface area contributed by atoms with Gasteiger partial charge in [0, 0.05) is 12.3 Å². The van der Waals surface area contributed by atoms with Crippen molar-refractivity contribution in [2.24, 2.45) is 0 Å². The Hall–Kier alpha value is -2.71. The highest BCUT2D eigenvalue weighted by atomic mass is 32.2. The van der Waals surface area contributed by atoms with E-state index in [9.17, 15) is 14.3 Å². The lowest BCUT2D eigenvalue weighted by atomic mass is 10.1. The quantitative estimate of drug-likeness (QED) is 0.504. The number of aliphatic hydroxyl groups is 1. The molecule has 4 rings (SSSR count). The van der Waals surface area contributed by atoms with E-state index in [-0.39, 0.29) is 11.4 Å². The topological polar surface area (TPSA) is 72.4 Å². The van der Waals surface area contributed by atoms with Crippen molar-refractivity contribution in [3.05, 3.63) is 70.3 Å². The number of nitrogens with zero attached hydrogens (tertiary/aromatic N) is 4. The zero-order valence-corrected chi connectivity index (χ0v) is 16.1. The fraction of sp³-hybridized carbons (Fsp3) is 0.250. The summed E-state index contributed by atoms with van der Waals surface area (Å²) in [6.45, 7) is 2.55. The number of hydrogen-bond acceptors (Lipinski definition) is 5. The first kappa shape index (κ1) is 18.6. The van der Waals surface area contributed by atoms with Crippen molar-refractivity contribution in [1.29, 1.82) is 0 Å². The van der Waals surface area contributed by atoms with E-state index >= 15 is 0 Å². The van der Waals surface area contributed by atoms with Gasteiger partial charge in [0.25, 0.3) is 5.56 Å². The first-order valence-corrected chi connectivity index (χ1v) is 10.0. The van der Waals surface area contributed by atoms with Gasteiger partial charge in [-0.3, -0.25) is 13.8 Å². The molecule has 144 valence electrons. The standard InChI is InChI=1S/C20H19FN4O2S/c1-2-11-24-18(27)15-5-3-4-6-16(15)25-19(24)22-23-20(25)28-12-17(26)13-7-9-14(21)10-8-13/h3-10,17,26H,2,11-12H2,1H3. The van der Waals surface area contributed by atoms with Gasteiger partial charge in [-0.1, -0.05) is 43.0 Å². The number of para-hydroxylation sites is 1. The lowest BCUT2D eigenvalue weighted by molar-refractivity contribution is 0.204. The van der Waals surface area contributed by atoms with Gasteiger partial charge in [-0.25, -0.2) is 4.39 Å². The molecule has 0 aliphatic heterocycles. The largest absolute Gasteiger partial charge is 0.388 e. The number of aliphatic hydroxyl groups excluding tert-OH is 1. The molecule has 0 spiro atoms. The van der Waals surface area contributed by atoms with E-state index in [1.165, 1.54) is 23.9 Å². The first-order valence-electron chi connectivity index (χ1n) is 9.03. The van der Waals surface area contributed by atoms with Crippen LogP contribution in [0.5, 0.6) is 0 Å². The molecule has 2 aromatic heterocycles. The molecule has 0 aliphatic carbocycles. The number of hydrogen-bond donors (Lipinski definition) is 1. The van der Waals surface area contributed by atoms with Gasteiger partial charge in [0.1, 0.15) is 5.82 Å². The van der Waals surface area contributed by atoms with Crippen LogP contribution in [-0.2, 0) is 6.54 Å². The Morgan fingerprint density at radius 1 is 1.14 bits per heavy atom. The van der Waals surface area contributed by atoms with E-state index in [1.807, 2.05) is 29.5 Å². The molecule has 1 atom stereocenters. The summed E-state index contributed by atoms with van der Waals surface area (Å²) in [5, 5.41) is 20.1. The summed E-state index contributed by atoms with van der Waals surface area (Å²) in [7, 11) is 0. The summed E-state index contributed by atoms with van der Waals surface area (Å²) in [6, 6.07) is 13.1. The number of aromatic nitrogens is 4. The summed E-state index contributed by atoms with van der Waals surface area (Å²) >= 11 is 1.34. The third-order valence-corrected chi connectivity index (χ3v) is 5.56. The van der Waals surface area contributed by atoms with Crippen LogP contribution in [0.3, 0.4) is 0 Å². The maximum absolute atomic E-state index is 13.1. The Labute approximate surface area is 164 Å². The predicted octanol–water partition coefficient (Wildman–Crippen LogP) is 3.42. The Bertz CT molecular complexity index is 1190. The Balaban J connectivity index is 1.74. The van der Waals surface area contributed by atoms with Gasteiger partial charge in [-0.05, 0) is 36.2 Å². The van der Waals surface area contributed by atoms with Gasteiger partial charge in [-0.15, -0.1) is 10.2 Å². The average Bonchev–Trinajstić information content (AvgIpc) is 3.14. The second-order valence-electron chi connectivity index (χ2n) is 6.47. The summed E-state index contributed by atoms with van der Waals surface area (Å²) in [5.74, 6) is 0.477. The minimum absolute atomic E-state index is 0.0831. The molecule has 0 bridgehead atoms. The second kappa shape index (κ2) is 7.73. The van der Waals surface area contributed by atoms with Crippen LogP contribution in [0.4, 0.5) is 4.39 Å². The number of rotatable bonds is 6. The molecular formula is C20H19FN4O2S. The number of aryl methyl sites for hydroxylation is 1. The zero-order valence-electron chi connectivity index (χ0n) is 15.2. The zero-order chi connectivity index (χ0) is 19.7. The first-order chi connectivity index (χ1) is 13.6. The normalized spacial score (nSPS) is 12.7. The van der Waals surface area contributed by atoms with E-state index in [0.29, 0.717) is 34.2 Å².